The zero-order valence-electron chi connectivity index (χ0n) is 19.5. The minimum Gasteiger partial charge on any atom is -0.506 e. The van der Waals surface area contributed by atoms with Crippen LogP contribution in [0.1, 0.15) is 25.0 Å². The van der Waals surface area contributed by atoms with Crippen molar-refractivity contribution in [3.8, 4) is 5.75 Å². The van der Waals surface area contributed by atoms with E-state index in [1.807, 2.05) is 30.5 Å². The minimum atomic E-state index is -0.185. The van der Waals surface area contributed by atoms with E-state index in [9.17, 15) is 5.11 Å². The van der Waals surface area contributed by atoms with E-state index in [1.54, 1.807) is 6.07 Å². The number of aromatic hydroxyl groups is 1. The Labute approximate surface area is 203 Å². The summed E-state index contributed by atoms with van der Waals surface area (Å²) in [5.41, 5.74) is 6.08. The monoisotopic (exact) mass is 453 g/mol. The highest BCUT2D eigenvalue weighted by Gasteiger charge is 2.37. The van der Waals surface area contributed by atoms with Gasteiger partial charge in [-0.05, 0) is 59.0 Å². The molecule has 4 heteroatoms. The summed E-state index contributed by atoms with van der Waals surface area (Å²) in [5, 5.41) is 14.7. The van der Waals surface area contributed by atoms with Crippen LogP contribution >= 0.6 is 0 Å². The summed E-state index contributed by atoms with van der Waals surface area (Å²) in [6, 6.07) is 31.1. The van der Waals surface area contributed by atoms with Crippen LogP contribution < -0.4 is 4.90 Å². The van der Waals surface area contributed by atoms with Gasteiger partial charge in [-0.1, -0.05) is 62.4 Å². The number of benzene rings is 4. The van der Waals surface area contributed by atoms with Crippen molar-refractivity contribution in [2.24, 2.45) is 0 Å². The SMILES string of the molecule is CC1(C)c2ccccc2N(c2ccccn2)c2cc3c(ccc4cc5cccc(O)c5nc43)cc21. The van der Waals surface area contributed by atoms with Gasteiger partial charge in [-0.3, -0.25) is 4.90 Å². The summed E-state index contributed by atoms with van der Waals surface area (Å²) in [5.74, 6) is 1.08. The Morgan fingerprint density at radius 2 is 1.49 bits per heavy atom. The van der Waals surface area contributed by atoms with Gasteiger partial charge in [0.05, 0.1) is 16.9 Å². The molecule has 0 unspecified atom stereocenters. The molecule has 4 aromatic carbocycles. The fraction of sp³-hybridized carbons (Fsp3) is 0.0968. The Kier molecular flexibility index (Phi) is 4.01. The van der Waals surface area contributed by atoms with Gasteiger partial charge in [0.1, 0.15) is 17.1 Å². The number of phenols is 1. The van der Waals surface area contributed by atoms with E-state index in [0.717, 1.165) is 44.3 Å². The number of hydrogen-bond donors (Lipinski definition) is 1. The Morgan fingerprint density at radius 3 is 2.34 bits per heavy atom. The third-order valence-electron chi connectivity index (χ3n) is 7.33. The second-order valence-corrected chi connectivity index (χ2v) is 9.73. The van der Waals surface area contributed by atoms with Crippen LogP contribution in [0.15, 0.2) is 97.2 Å². The maximum absolute atomic E-state index is 10.5. The molecule has 0 saturated carbocycles. The lowest BCUT2D eigenvalue weighted by Crippen LogP contribution is -2.30. The number of hydrogen-bond acceptors (Lipinski definition) is 4. The molecule has 168 valence electrons. The maximum atomic E-state index is 10.5. The first-order valence-corrected chi connectivity index (χ1v) is 11.8. The van der Waals surface area contributed by atoms with Crippen molar-refractivity contribution in [3.63, 3.8) is 0 Å². The summed E-state index contributed by atoms with van der Waals surface area (Å²) < 4.78 is 0. The molecule has 3 heterocycles. The second kappa shape index (κ2) is 7.03. The molecule has 1 aliphatic heterocycles. The van der Waals surface area contributed by atoms with Crippen molar-refractivity contribution in [3.05, 3.63) is 108 Å². The van der Waals surface area contributed by atoms with Gasteiger partial charge < -0.3 is 5.11 Å². The smallest absolute Gasteiger partial charge is 0.141 e. The summed E-state index contributed by atoms with van der Waals surface area (Å²) in [4.78, 5) is 11.9. The minimum absolute atomic E-state index is 0.185. The standard InChI is InChI=1S/C31H23N3O/c1-31(2)23-9-3-4-10-25(23)34(28-12-5-6-15-32-28)26-18-22-19(17-24(26)31)13-14-21-16-20-8-7-11-27(35)30(20)33-29(21)22/h3-18,35H,1-2H3. The van der Waals surface area contributed by atoms with Crippen molar-refractivity contribution in [1.82, 2.24) is 9.97 Å². The normalized spacial score (nSPS) is 14.3. The Balaban J connectivity index is 1.60. The number of para-hydroxylation sites is 2. The summed E-state index contributed by atoms with van der Waals surface area (Å²) in [6.45, 7) is 4.58. The number of anilines is 3. The predicted molar refractivity (Wildman–Crippen MR) is 143 cm³/mol. The van der Waals surface area contributed by atoms with E-state index in [1.165, 1.54) is 11.1 Å². The van der Waals surface area contributed by atoms with Crippen LogP contribution in [0.5, 0.6) is 5.75 Å². The molecule has 0 saturated heterocycles. The summed E-state index contributed by atoms with van der Waals surface area (Å²) in [7, 11) is 0. The number of aromatic nitrogens is 2. The predicted octanol–water partition coefficient (Wildman–Crippen LogP) is 7.75. The summed E-state index contributed by atoms with van der Waals surface area (Å²) in [6.07, 6.45) is 1.84. The van der Waals surface area contributed by atoms with Gasteiger partial charge >= 0.3 is 0 Å². The molecule has 4 nitrogen and oxygen atoms in total. The first-order valence-electron chi connectivity index (χ1n) is 11.8. The number of pyridine rings is 2. The Bertz CT molecular complexity index is 1790. The molecular formula is C31H23N3O. The molecule has 2 aromatic heterocycles. The number of fused-ring (bicyclic) bond motifs is 6. The molecule has 0 fully saturated rings. The lowest BCUT2D eigenvalue weighted by atomic mass is 9.73. The van der Waals surface area contributed by atoms with Crippen molar-refractivity contribution in [2.75, 3.05) is 4.90 Å². The Morgan fingerprint density at radius 1 is 0.686 bits per heavy atom. The lowest BCUT2D eigenvalue weighted by Gasteiger charge is -2.41. The molecule has 0 atom stereocenters. The van der Waals surface area contributed by atoms with Gasteiger partial charge in [0.2, 0.25) is 0 Å². The molecule has 0 spiro atoms. The van der Waals surface area contributed by atoms with Crippen molar-refractivity contribution in [2.45, 2.75) is 19.3 Å². The Hall–Kier alpha value is -4.44. The highest BCUT2D eigenvalue weighted by atomic mass is 16.3. The fourth-order valence-corrected chi connectivity index (χ4v) is 5.56. The van der Waals surface area contributed by atoms with E-state index < -0.39 is 0 Å². The van der Waals surface area contributed by atoms with Crippen LogP contribution in [0.3, 0.4) is 0 Å². The van der Waals surface area contributed by atoms with Gasteiger partial charge in [-0.15, -0.1) is 0 Å². The highest BCUT2D eigenvalue weighted by Crippen LogP contribution is 2.52. The first kappa shape index (κ1) is 20.0. The largest absolute Gasteiger partial charge is 0.506 e. The van der Waals surface area contributed by atoms with Crippen LogP contribution in [0.4, 0.5) is 17.2 Å². The number of phenolic OH excluding ortho intramolecular Hbond substituents is 1. The van der Waals surface area contributed by atoms with Gasteiger partial charge in [-0.2, -0.15) is 0 Å². The topological polar surface area (TPSA) is 49.2 Å². The number of nitrogens with zero attached hydrogens (tertiary/aromatic N) is 3. The van der Waals surface area contributed by atoms with Crippen LogP contribution in [-0.2, 0) is 5.41 Å². The van der Waals surface area contributed by atoms with Crippen molar-refractivity contribution in [1.29, 1.82) is 0 Å². The average Bonchev–Trinajstić information content (AvgIpc) is 2.88. The molecule has 35 heavy (non-hydrogen) atoms. The molecule has 0 bridgehead atoms. The van der Waals surface area contributed by atoms with Gasteiger partial charge in [0.15, 0.2) is 0 Å². The molecular weight excluding hydrogens is 430 g/mol. The van der Waals surface area contributed by atoms with E-state index in [-0.39, 0.29) is 11.2 Å². The number of rotatable bonds is 1. The molecule has 0 aliphatic carbocycles. The van der Waals surface area contributed by atoms with E-state index >= 15 is 0 Å². The van der Waals surface area contributed by atoms with Crippen LogP contribution in [0.25, 0.3) is 32.6 Å². The quantitative estimate of drug-likeness (QED) is 0.204. The van der Waals surface area contributed by atoms with Crippen molar-refractivity contribution >= 4 is 49.8 Å². The zero-order chi connectivity index (χ0) is 23.7. The lowest BCUT2D eigenvalue weighted by molar-refractivity contribution is 0.480. The molecule has 1 aliphatic rings. The first-order chi connectivity index (χ1) is 17.0. The third-order valence-corrected chi connectivity index (χ3v) is 7.33. The molecule has 0 radical (unpaired) electrons. The fourth-order valence-electron chi connectivity index (χ4n) is 5.56. The van der Waals surface area contributed by atoms with Gasteiger partial charge in [-0.25, -0.2) is 9.97 Å². The van der Waals surface area contributed by atoms with Gasteiger partial charge in [0.25, 0.3) is 0 Å². The van der Waals surface area contributed by atoms with Gasteiger partial charge in [0, 0.05) is 27.8 Å². The average molecular weight is 454 g/mol. The molecule has 1 N–H and O–H groups in total. The molecule has 7 rings (SSSR count). The second-order valence-electron chi connectivity index (χ2n) is 9.73. The highest BCUT2D eigenvalue weighted by molar-refractivity contribution is 6.11. The van der Waals surface area contributed by atoms with E-state index in [4.69, 9.17) is 9.97 Å². The van der Waals surface area contributed by atoms with Crippen LogP contribution in [0, 0.1) is 0 Å². The molecule has 6 aromatic rings. The van der Waals surface area contributed by atoms with E-state index in [0.29, 0.717) is 5.52 Å². The zero-order valence-corrected chi connectivity index (χ0v) is 19.5. The van der Waals surface area contributed by atoms with Crippen molar-refractivity contribution < 1.29 is 5.11 Å². The van der Waals surface area contributed by atoms with Crippen LogP contribution in [0.2, 0.25) is 0 Å². The maximum Gasteiger partial charge on any atom is 0.141 e. The molecule has 0 amide bonds. The third kappa shape index (κ3) is 2.80. The van der Waals surface area contributed by atoms with E-state index in [2.05, 4.69) is 79.4 Å². The summed E-state index contributed by atoms with van der Waals surface area (Å²) >= 11 is 0. The van der Waals surface area contributed by atoms with Crippen LogP contribution in [-0.4, -0.2) is 15.1 Å².